The van der Waals surface area contributed by atoms with Crippen LogP contribution in [0.4, 0.5) is 13.2 Å². The minimum atomic E-state index is -4.51. The predicted molar refractivity (Wildman–Crippen MR) is 62.3 cm³/mol. The Bertz CT molecular complexity index is 421. The van der Waals surface area contributed by atoms with Crippen LogP contribution in [0.3, 0.4) is 0 Å². The largest absolute Gasteiger partial charge is 0.466 e. The van der Waals surface area contributed by atoms with Gasteiger partial charge in [-0.2, -0.15) is 13.2 Å². The molecule has 3 nitrogen and oxygen atoms in total. The number of hydrogen-bond acceptors (Lipinski definition) is 3. The first-order valence-electron chi connectivity index (χ1n) is 4.71. The van der Waals surface area contributed by atoms with Crippen molar-refractivity contribution in [2.45, 2.75) is 19.5 Å². The summed E-state index contributed by atoms with van der Waals surface area (Å²) in [7, 11) is 0. The van der Waals surface area contributed by atoms with E-state index in [1.54, 1.807) is 6.92 Å². The average Bonchev–Trinajstić information content (AvgIpc) is 2.20. The molecule has 7 heteroatoms. The van der Waals surface area contributed by atoms with Crippen molar-refractivity contribution in [1.82, 2.24) is 4.98 Å². The van der Waals surface area contributed by atoms with Gasteiger partial charge in [-0.25, -0.2) is 0 Å². The smallest absolute Gasteiger partial charge is 0.433 e. The molecule has 0 fully saturated rings. The molecular weight excluding hydrogens is 350 g/mol. The number of halogens is 4. The Balaban J connectivity index is 2.95. The van der Waals surface area contributed by atoms with Crippen LogP contribution in [0.2, 0.25) is 0 Å². The molecule has 0 aromatic carbocycles. The van der Waals surface area contributed by atoms with E-state index in [2.05, 4.69) is 9.72 Å². The fourth-order valence-electron chi connectivity index (χ4n) is 1.14. The minimum Gasteiger partial charge on any atom is -0.466 e. The molecule has 1 heterocycles. The molecule has 0 aliphatic heterocycles. The van der Waals surface area contributed by atoms with Crippen LogP contribution in [0.5, 0.6) is 0 Å². The normalized spacial score (nSPS) is 11.4. The van der Waals surface area contributed by atoms with Crippen LogP contribution in [-0.4, -0.2) is 17.6 Å². The Morgan fingerprint density at radius 3 is 2.71 bits per heavy atom. The highest BCUT2D eigenvalue weighted by Gasteiger charge is 2.33. The number of esters is 1. The molecule has 0 aliphatic rings. The van der Waals surface area contributed by atoms with E-state index in [4.69, 9.17) is 0 Å². The topological polar surface area (TPSA) is 39.2 Å². The molecular formula is C10H9F3INO2. The average molecular weight is 359 g/mol. The van der Waals surface area contributed by atoms with Gasteiger partial charge in [0, 0.05) is 9.77 Å². The molecule has 17 heavy (non-hydrogen) atoms. The van der Waals surface area contributed by atoms with E-state index in [1.807, 2.05) is 22.6 Å². The van der Waals surface area contributed by atoms with Crippen LogP contribution < -0.4 is 0 Å². The molecule has 0 spiro atoms. The summed E-state index contributed by atoms with van der Waals surface area (Å²) in [5.41, 5.74) is -0.733. The Hall–Kier alpha value is -0.860. The quantitative estimate of drug-likeness (QED) is 0.616. The predicted octanol–water partition coefficient (Wildman–Crippen LogP) is 2.81. The van der Waals surface area contributed by atoms with Crippen LogP contribution in [-0.2, 0) is 22.1 Å². The van der Waals surface area contributed by atoms with Crippen molar-refractivity contribution in [3.8, 4) is 0 Å². The summed E-state index contributed by atoms with van der Waals surface area (Å²) in [6.45, 7) is 1.84. The highest BCUT2D eigenvalue weighted by Crippen LogP contribution is 2.29. The van der Waals surface area contributed by atoms with E-state index >= 15 is 0 Å². The van der Waals surface area contributed by atoms with E-state index in [1.165, 1.54) is 0 Å². The molecule has 1 rings (SSSR count). The molecule has 0 saturated carbocycles. The number of alkyl halides is 3. The lowest BCUT2D eigenvalue weighted by atomic mass is 10.1. The summed E-state index contributed by atoms with van der Waals surface area (Å²) < 4.78 is 42.4. The summed E-state index contributed by atoms with van der Waals surface area (Å²) in [6.07, 6.45) is -3.59. The fourth-order valence-corrected chi connectivity index (χ4v) is 1.62. The van der Waals surface area contributed by atoms with E-state index in [0.29, 0.717) is 3.57 Å². The summed E-state index contributed by atoms with van der Waals surface area (Å²) in [5.74, 6) is -0.551. The summed E-state index contributed by atoms with van der Waals surface area (Å²) in [4.78, 5) is 14.5. The van der Waals surface area contributed by atoms with Gasteiger partial charge >= 0.3 is 12.1 Å². The first kappa shape index (κ1) is 14.2. The zero-order valence-corrected chi connectivity index (χ0v) is 11.0. The van der Waals surface area contributed by atoms with Crippen LogP contribution in [0.15, 0.2) is 12.3 Å². The number of ether oxygens (including phenoxy) is 1. The number of pyridine rings is 1. The van der Waals surface area contributed by atoms with Gasteiger partial charge in [0.1, 0.15) is 5.69 Å². The van der Waals surface area contributed by atoms with Crippen molar-refractivity contribution in [2.24, 2.45) is 0 Å². The molecule has 0 atom stereocenters. The molecule has 0 bridgehead atoms. The number of carbonyl (C=O) groups excluding carboxylic acids is 1. The van der Waals surface area contributed by atoms with Gasteiger partial charge in [-0.1, -0.05) is 0 Å². The van der Waals surface area contributed by atoms with E-state index in [-0.39, 0.29) is 18.6 Å². The summed E-state index contributed by atoms with van der Waals surface area (Å²) in [6, 6.07) is 0.874. The molecule has 0 amide bonds. The molecule has 0 aliphatic carbocycles. The Morgan fingerprint density at radius 2 is 2.18 bits per heavy atom. The maximum atomic E-state index is 12.4. The maximum absolute atomic E-state index is 12.4. The van der Waals surface area contributed by atoms with Crippen molar-refractivity contribution in [3.63, 3.8) is 0 Å². The molecule has 1 aromatic rings. The maximum Gasteiger partial charge on any atom is 0.433 e. The third-order valence-corrected chi connectivity index (χ3v) is 2.84. The van der Waals surface area contributed by atoms with Crippen LogP contribution >= 0.6 is 22.6 Å². The van der Waals surface area contributed by atoms with Crippen molar-refractivity contribution >= 4 is 28.6 Å². The number of carbonyl (C=O) groups is 1. The van der Waals surface area contributed by atoms with Crippen LogP contribution in [0.1, 0.15) is 18.2 Å². The lowest BCUT2D eigenvalue weighted by Crippen LogP contribution is -2.12. The van der Waals surface area contributed by atoms with Gasteiger partial charge in [-0.3, -0.25) is 9.78 Å². The zero-order chi connectivity index (χ0) is 13.1. The summed E-state index contributed by atoms with van der Waals surface area (Å²) >= 11 is 1.83. The molecule has 0 unspecified atom stereocenters. The number of aromatic nitrogens is 1. The van der Waals surface area contributed by atoms with E-state index < -0.39 is 17.8 Å². The third kappa shape index (κ3) is 4.14. The van der Waals surface area contributed by atoms with Gasteiger partial charge in [0.25, 0.3) is 0 Å². The van der Waals surface area contributed by atoms with Crippen molar-refractivity contribution in [2.75, 3.05) is 6.61 Å². The van der Waals surface area contributed by atoms with E-state index in [9.17, 15) is 18.0 Å². The molecule has 94 valence electrons. The number of hydrogen-bond donors (Lipinski definition) is 0. The lowest BCUT2D eigenvalue weighted by molar-refractivity contribution is -0.143. The monoisotopic (exact) mass is 359 g/mol. The van der Waals surface area contributed by atoms with Crippen LogP contribution in [0.25, 0.3) is 0 Å². The van der Waals surface area contributed by atoms with Crippen molar-refractivity contribution in [3.05, 3.63) is 27.1 Å². The standard InChI is InChI=1S/C10H9F3INO2/c1-2-17-9(16)4-6-3-8(10(11,12)13)15-5-7(6)14/h3,5H,2,4H2,1H3. The van der Waals surface area contributed by atoms with Gasteiger partial charge in [0.2, 0.25) is 0 Å². The molecule has 0 radical (unpaired) electrons. The van der Waals surface area contributed by atoms with Gasteiger partial charge in [-0.05, 0) is 41.1 Å². The summed E-state index contributed by atoms with van der Waals surface area (Å²) in [5, 5.41) is 0. The van der Waals surface area contributed by atoms with Gasteiger partial charge in [0.05, 0.1) is 13.0 Å². The van der Waals surface area contributed by atoms with Crippen molar-refractivity contribution < 1.29 is 22.7 Å². The zero-order valence-electron chi connectivity index (χ0n) is 8.84. The Kier molecular flexibility index (Phi) is 4.72. The first-order chi connectivity index (χ1) is 7.84. The van der Waals surface area contributed by atoms with Crippen molar-refractivity contribution in [1.29, 1.82) is 0 Å². The third-order valence-electron chi connectivity index (χ3n) is 1.87. The van der Waals surface area contributed by atoms with E-state index in [0.717, 1.165) is 12.3 Å². The minimum absolute atomic E-state index is 0.183. The second kappa shape index (κ2) is 5.65. The number of nitrogens with zero attached hydrogens (tertiary/aromatic N) is 1. The Morgan fingerprint density at radius 1 is 1.53 bits per heavy atom. The second-order valence-corrected chi connectivity index (χ2v) is 4.30. The van der Waals surface area contributed by atoms with Crippen LogP contribution in [0, 0.1) is 3.57 Å². The molecule has 0 N–H and O–H groups in total. The Labute approximate surface area is 110 Å². The highest BCUT2D eigenvalue weighted by molar-refractivity contribution is 14.1. The molecule has 1 aromatic heterocycles. The number of rotatable bonds is 3. The van der Waals surface area contributed by atoms with Gasteiger partial charge in [-0.15, -0.1) is 0 Å². The van der Waals surface area contributed by atoms with Gasteiger partial charge < -0.3 is 4.74 Å². The highest BCUT2D eigenvalue weighted by atomic mass is 127. The SMILES string of the molecule is CCOC(=O)Cc1cc(C(F)(F)F)ncc1I. The lowest BCUT2D eigenvalue weighted by Gasteiger charge is -2.09. The fraction of sp³-hybridized carbons (Fsp3) is 0.400. The second-order valence-electron chi connectivity index (χ2n) is 3.14. The molecule has 0 saturated heterocycles. The van der Waals surface area contributed by atoms with Gasteiger partial charge in [0.15, 0.2) is 0 Å². The first-order valence-corrected chi connectivity index (χ1v) is 5.79.